The minimum atomic E-state index is -4.36. The molecule has 19 heavy (non-hydrogen) atoms. The molecule has 3 rings (SSSR count). The zero-order valence-electron chi connectivity index (χ0n) is 10.1. The predicted octanol–water partition coefficient (Wildman–Crippen LogP) is 3.68. The number of hydrogen-bond donors (Lipinski definition) is 2. The van der Waals surface area contributed by atoms with E-state index in [1.807, 2.05) is 0 Å². The summed E-state index contributed by atoms with van der Waals surface area (Å²) in [5, 5.41) is 5.29. The van der Waals surface area contributed by atoms with Gasteiger partial charge in [-0.15, -0.1) is 0 Å². The highest BCUT2D eigenvalue weighted by atomic mass is 19.4. The molecule has 1 unspecified atom stereocenters. The molecule has 1 aliphatic carbocycles. The summed E-state index contributed by atoms with van der Waals surface area (Å²) in [7, 11) is 0. The molecule has 3 nitrogen and oxygen atoms in total. The molecule has 0 saturated heterocycles. The van der Waals surface area contributed by atoms with Gasteiger partial charge in [0, 0.05) is 5.69 Å². The number of alkyl halides is 3. The Hall–Kier alpha value is -1.72. The van der Waals surface area contributed by atoms with Gasteiger partial charge in [0.15, 0.2) is 0 Å². The number of fused-ring (bicyclic) bond motifs is 1. The van der Waals surface area contributed by atoms with Gasteiger partial charge in [-0.2, -0.15) is 13.2 Å². The molecule has 2 N–H and O–H groups in total. The fourth-order valence-electron chi connectivity index (χ4n) is 2.63. The first-order valence-electron chi connectivity index (χ1n) is 6.24. The van der Waals surface area contributed by atoms with Gasteiger partial charge in [-0.1, -0.05) is 6.42 Å². The van der Waals surface area contributed by atoms with Crippen molar-refractivity contribution in [3.05, 3.63) is 29.3 Å². The lowest BCUT2D eigenvalue weighted by atomic mass is 9.76. The van der Waals surface area contributed by atoms with Crippen molar-refractivity contribution >= 4 is 11.7 Å². The van der Waals surface area contributed by atoms with Crippen LogP contribution in [0.3, 0.4) is 0 Å². The van der Waals surface area contributed by atoms with E-state index in [-0.39, 0.29) is 18.0 Å². The minimum absolute atomic E-state index is 0.244. The Morgan fingerprint density at radius 2 is 1.95 bits per heavy atom. The second-order valence-corrected chi connectivity index (χ2v) is 5.07. The van der Waals surface area contributed by atoms with Crippen LogP contribution in [0.5, 0.6) is 0 Å². The average molecular weight is 270 g/mol. The summed E-state index contributed by atoms with van der Waals surface area (Å²) in [6.45, 7) is 0. The zero-order valence-corrected chi connectivity index (χ0v) is 10.1. The van der Waals surface area contributed by atoms with Crippen molar-refractivity contribution in [1.82, 2.24) is 5.32 Å². The number of halogens is 3. The van der Waals surface area contributed by atoms with Crippen molar-refractivity contribution in [2.45, 2.75) is 31.5 Å². The van der Waals surface area contributed by atoms with Gasteiger partial charge in [0.1, 0.15) is 0 Å². The van der Waals surface area contributed by atoms with Crippen molar-refractivity contribution in [1.29, 1.82) is 0 Å². The maximum Gasteiger partial charge on any atom is 0.416 e. The van der Waals surface area contributed by atoms with E-state index in [9.17, 15) is 18.0 Å². The molecule has 1 atom stereocenters. The Morgan fingerprint density at radius 3 is 2.53 bits per heavy atom. The first-order chi connectivity index (χ1) is 8.95. The summed E-state index contributed by atoms with van der Waals surface area (Å²) in [5.41, 5.74) is 0.348. The van der Waals surface area contributed by atoms with Gasteiger partial charge < -0.3 is 10.6 Å². The van der Waals surface area contributed by atoms with Crippen LogP contribution in [-0.2, 0) is 6.18 Å². The van der Waals surface area contributed by atoms with Crippen LogP contribution >= 0.6 is 0 Å². The SMILES string of the molecule is O=C1Nc2ccc(C(F)(F)F)cc2C(C2CCC2)N1. The van der Waals surface area contributed by atoms with Gasteiger partial charge in [-0.05, 0) is 42.5 Å². The van der Waals surface area contributed by atoms with Gasteiger partial charge in [0.05, 0.1) is 11.6 Å². The third-order valence-electron chi connectivity index (χ3n) is 3.87. The van der Waals surface area contributed by atoms with E-state index < -0.39 is 11.7 Å². The van der Waals surface area contributed by atoms with Crippen LogP contribution in [0.25, 0.3) is 0 Å². The molecule has 102 valence electrons. The third kappa shape index (κ3) is 2.15. The van der Waals surface area contributed by atoms with Crippen molar-refractivity contribution in [3.63, 3.8) is 0 Å². The fourth-order valence-corrected chi connectivity index (χ4v) is 2.63. The number of carbonyl (C=O) groups excluding carboxylic acids is 1. The van der Waals surface area contributed by atoms with Crippen molar-refractivity contribution < 1.29 is 18.0 Å². The van der Waals surface area contributed by atoms with E-state index in [0.717, 1.165) is 31.4 Å². The minimum Gasteiger partial charge on any atom is -0.331 e. The number of amides is 2. The largest absolute Gasteiger partial charge is 0.416 e. The summed E-state index contributed by atoms with van der Waals surface area (Å²) in [5.74, 6) is 0.244. The Balaban J connectivity index is 2.02. The quantitative estimate of drug-likeness (QED) is 0.803. The zero-order chi connectivity index (χ0) is 13.6. The average Bonchev–Trinajstić information content (AvgIpc) is 2.24. The Bertz CT molecular complexity index is 523. The highest BCUT2D eigenvalue weighted by Gasteiger charge is 2.37. The van der Waals surface area contributed by atoms with Crippen LogP contribution in [0.1, 0.15) is 36.4 Å². The summed E-state index contributed by atoms with van der Waals surface area (Å²) in [6, 6.07) is 2.83. The first kappa shape index (κ1) is 12.3. The number of hydrogen-bond acceptors (Lipinski definition) is 1. The smallest absolute Gasteiger partial charge is 0.331 e. The van der Waals surface area contributed by atoms with Crippen molar-refractivity contribution in [2.24, 2.45) is 5.92 Å². The second kappa shape index (κ2) is 4.15. The van der Waals surface area contributed by atoms with E-state index in [1.54, 1.807) is 0 Å². The molecule has 1 fully saturated rings. The molecular weight excluding hydrogens is 257 g/mol. The summed E-state index contributed by atoms with van der Waals surface area (Å²) >= 11 is 0. The molecule has 0 spiro atoms. The number of carbonyl (C=O) groups is 1. The number of rotatable bonds is 1. The maximum absolute atomic E-state index is 12.8. The van der Waals surface area contributed by atoms with E-state index in [0.29, 0.717) is 11.3 Å². The number of anilines is 1. The highest BCUT2D eigenvalue weighted by molar-refractivity contribution is 5.93. The topological polar surface area (TPSA) is 41.1 Å². The normalized spacial score (nSPS) is 23.1. The summed E-state index contributed by atoms with van der Waals surface area (Å²) in [4.78, 5) is 11.5. The maximum atomic E-state index is 12.8. The number of urea groups is 1. The lowest BCUT2D eigenvalue weighted by molar-refractivity contribution is -0.137. The van der Waals surface area contributed by atoms with Crippen LogP contribution in [0.4, 0.5) is 23.7 Å². The first-order valence-corrected chi connectivity index (χ1v) is 6.24. The van der Waals surface area contributed by atoms with Gasteiger partial charge in [0.25, 0.3) is 0 Å². The monoisotopic (exact) mass is 270 g/mol. The summed E-state index contributed by atoms with van der Waals surface area (Å²) < 4.78 is 38.3. The molecule has 0 aromatic heterocycles. The van der Waals surface area contributed by atoms with Crippen LogP contribution in [0.2, 0.25) is 0 Å². The number of nitrogens with one attached hydrogen (secondary N) is 2. The molecule has 0 bridgehead atoms. The molecule has 1 aliphatic heterocycles. The van der Waals surface area contributed by atoms with Crippen molar-refractivity contribution in [3.8, 4) is 0 Å². The van der Waals surface area contributed by atoms with E-state index in [2.05, 4.69) is 10.6 Å². The third-order valence-corrected chi connectivity index (χ3v) is 3.87. The molecule has 2 amide bonds. The number of benzene rings is 1. The van der Waals surface area contributed by atoms with Crippen molar-refractivity contribution in [2.75, 3.05) is 5.32 Å². The molecule has 1 heterocycles. The highest BCUT2D eigenvalue weighted by Crippen LogP contribution is 2.43. The van der Waals surface area contributed by atoms with Crippen LogP contribution in [0.15, 0.2) is 18.2 Å². The second-order valence-electron chi connectivity index (χ2n) is 5.07. The van der Waals surface area contributed by atoms with Gasteiger partial charge in [0.2, 0.25) is 0 Å². The lowest BCUT2D eigenvalue weighted by Crippen LogP contribution is -2.42. The fraction of sp³-hybridized carbons (Fsp3) is 0.462. The molecule has 0 radical (unpaired) electrons. The standard InChI is InChI=1S/C13H13F3N2O/c14-13(15,16)8-4-5-10-9(6-8)11(7-2-1-3-7)18-12(19)17-10/h4-7,11H,1-3H2,(H2,17,18,19). The molecule has 1 aromatic rings. The van der Waals surface area contributed by atoms with Gasteiger partial charge in [-0.25, -0.2) is 4.79 Å². The molecule has 1 aromatic carbocycles. The van der Waals surface area contributed by atoms with Gasteiger partial charge in [-0.3, -0.25) is 0 Å². The Kier molecular flexibility index (Phi) is 2.69. The summed E-state index contributed by atoms with van der Waals surface area (Å²) in [6.07, 6.45) is -1.40. The van der Waals surface area contributed by atoms with Crippen LogP contribution < -0.4 is 10.6 Å². The predicted molar refractivity (Wildman–Crippen MR) is 63.7 cm³/mol. The van der Waals surface area contributed by atoms with Gasteiger partial charge >= 0.3 is 12.2 Å². The Morgan fingerprint density at radius 1 is 1.21 bits per heavy atom. The van der Waals surface area contributed by atoms with Crippen LogP contribution in [0, 0.1) is 5.92 Å². The molecular formula is C13H13F3N2O. The van der Waals surface area contributed by atoms with E-state index >= 15 is 0 Å². The van der Waals surface area contributed by atoms with E-state index in [4.69, 9.17) is 0 Å². The van der Waals surface area contributed by atoms with Crippen LogP contribution in [-0.4, -0.2) is 6.03 Å². The molecule has 6 heteroatoms. The molecule has 1 saturated carbocycles. The Labute approximate surface area is 108 Å². The molecule has 2 aliphatic rings. The lowest BCUT2D eigenvalue weighted by Gasteiger charge is -2.38. The van der Waals surface area contributed by atoms with E-state index in [1.165, 1.54) is 6.07 Å².